The van der Waals surface area contributed by atoms with Gasteiger partial charge in [0.25, 0.3) is 0 Å². The summed E-state index contributed by atoms with van der Waals surface area (Å²) in [6, 6.07) is 5.25. The molecule has 1 aromatic carbocycles. The number of carbonyl (C=O) groups is 1. The van der Waals surface area contributed by atoms with Crippen LogP contribution in [0.2, 0.25) is 0 Å². The maximum atomic E-state index is 11.8. The fourth-order valence-corrected chi connectivity index (χ4v) is 1.61. The Bertz CT molecular complexity index is 400. The van der Waals surface area contributed by atoms with Gasteiger partial charge in [-0.25, -0.2) is 0 Å². The Balaban J connectivity index is 2.14. The molecule has 1 aliphatic heterocycles. The van der Waals surface area contributed by atoms with Gasteiger partial charge in [-0.2, -0.15) is 0 Å². The molecule has 1 aliphatic rings. The molecule has 0 saturated heterocycles. The van der Waals surface area contributed by atoms with Crippen molar-refractivity contribution in [2.24, 2.45) is 0 Å². The Morgan fingerprint density at radius 1 is 1.29 bits per heavy atom. The lowest BCUT2D eigenvalue weighted by Crippen LogP contribution is -2.09. The summed E-state index contributed by atoms with van der Waals surface area (Å²) in [5.74, 6) is 1.31. The molecule has 0 bridgehead atoms. The number of hydrogen-bond donors (Lipinski definition) is 0. The monoisotopic (exact) mass is 236 g/mol. The van der Waals surface area contributed by atoms with E-state index >= 15 is 0 Å². The van der Waals surface area contributed by atoms with Crippen molar-refractivity contribution in [3.05, 3.63) is 23.8 Å². The second kappa shape index (κ2) is 5.68. The molecule has 0 aliphatic carbocycles. The third-order valence-electron chi connectivity index (χ3n) is 2.51. The Kier molecular flexibility index (Phi) is 3.98. The molecular weight excluding hydrogens is 220 g/mol. The average molecular weight is 236 g/mol. The van der Waals surface area contributed by atoms with Crippen LogP contribution in [-0.2, 0) is 4.74 Å². The van der Waals surface area contributed by atoms with Crippen molar-refractivity contribution in [1.29, 1.82) is 0 Å². The molecule has 1 aromatic rings. The molecule has 0 amide bonds. The quantitative estimate of drug-likeness (QED) is 0.751. The topological polar surface area (TPSA) is 44.8 Å². The molecule has 0 aromatic heterocycles. The van der Waals surface area contributed by atoms with Crippen LogP contribution >= 0.6 is 0 Å². The normalized spacial score (nSPS) is 14.2. The minimum atomic E-state index is -0.0394. The summed E-state index contributed by atoms with van der Waals surface area (Å²) < 4.78 is 16.1. The minimum Gasteiger partial charge on any atom is -0.490 e. The van der Waals surface area contributed by atoms with Gasteiger partial charge in [-0.1, -0.05) is 0 Å². The van der Waals surface area contributed by atoms with Gasteiger partial charge in [-0.3, -0.25) is 4.79 Å². The van der Waals surface area contributed by atoms with Crippen LogP contribution < -0.4 is 9.47 Å². The molecule has 4 heteroatoms. The molecule has 0 spiro atoms. The summed E-state index contributed by atoms with van der Waals surface area (Å²) >= 11 is 0. The zero-order valence-electron chi connectivity index (χ0n) is 9.90. The van der Waals surface area contributed by atoms with Gasteiger partial charge in [-0.05, 0) is 25.1 Å². The van der Waals surface area contributed by atoms with Crippen molar-refractivity contribution in [2.45, 2.75) is 13.3 Å². The zero-order valence-corrected chi connectivity index (χ0v) is 9.90. The molecule has 0 atom stereocenters. The highest BCUT2D eigenvalue weighted by Gasteiger charge is 2.13. The Morgan fingerprint density at radius 2 is 2.06 bits per heavy atom. The molecule has 0 saturated carbocycles. The predicted molar refractivity (Wildman–Crippen MR) is 62.9 cm³/mol. The lowest BCUT2D eigenvalue weighted by atomic mass is 10.1. The van der Waals surface area contributed by atoms with Gasteiger partial charge >= 0.3 is 0 Å². The molecular formula is C13H16O4. The van der Waals surface area contributed by atoms with E-state index in [9.17, 15) is 4.79 Å². The van der Waals surface area contributed by atoms with Crippen molar-refractivity contribution in [3.63, 3.8) is 0 Å². The summed E-state index contributed by atoms with van der Waals surface area (Å²) in [5.41, 5.74) is 0.600. The SMILES string of the molecule is CCOCC(=O)c1ccc2c(c1)OCCCO2. The summed E-state index contributed by atoms with van der Waals surface area (Å²) in [7, 11) is 0. The second-order valence-electron chi connectivity index (χ2n) is 3.77. The summed E-state index contributed by atoms with van der Waals surface area (Å²) in [5, 5.41) is 0. The van der Waals surface area contributed by atoms with Crippen LogP contribution in [0.5, 0.6) is 11.5 Å². The Labute approximate surface area is 100 Å². The molecule has 1 heterocycles. The number of ketones is 1. The maximum Gasteiger partial charge on any atom is 0.188 e. The number of benzene rings is 1. The van der Waals surface area contributed by atoms with Crippen LogP contribution in [0, 0.1) is 0 Å². The zero-order chi connectivity index (χ0) is 12.1. The van der Waals surface area contributed by atoms with E-state index < -0.39 is 0 Å². The first-order valence-electron chi connectivity index (χ1n) is 5.82. The van der Waals surface area contributed by atoms with Crippen LogP contribution in [-0.4, -0.2) is 32.2 Å². The van der Waals surface area contributed by atoms with Gasteiger partial charge in [0.05, 0.1) is 13.2 Å². The van der Waals surface area contributed by atoms with E-state index in [1.807, 2.05) is 6.92 Å². The van der Waals surface area contributed by atoms with Crippen molar-refractivity contribution >= 4 is 5.78 Å². The van der Waals surface area contributed by atoms with E-state index in [0.29, 0.717) is 36.9 Å². The molecule has 0 fully saturated rings. The highest BCUT2D eigenvalue weighted by Crippen LogP contribution is 2.30. The highest BCUT2D eigenvalue weighted by atomic mass is 16.5. The van der Waals surface area contributed by atoms with E-state index in [1.165, 1.54) is 0 Å². The number of rotatable bonds is 4. The van der Waals surface area contributed by atoms with E-state index in [-0.39, 0.29) is 12.4 Å². The van der Waals surface area contributed by atoms with Crippen LogP contribution in [0.15, 0.2) is 18.2 Å². The first-order valence-corrected chi connectivity index (χ1v) is 5.82. The number of ether oxygens (including phenoxy) is 3. The molecule has 0 N–H and O–H groups in total. The largest absolute Gasteiger partial charge is 0.490 e. The van der Waals surface area contributed by atoms with E-state index in [2.05, 4.69) is 0 Å². The van der Waals surface area contributed by atoms with E-state index in [0.717, 1.165) is 6.42 Å². The summed E-state index contributed by atoms with van der Waals surface area (Å²) in [6.45, 7) is 3.78. The summed E-state index contributed by atoms with van der Waals surface area (Å²) in [4.78, 5) is 11.8. The van der Waals surface area contributed by atoms with Crippen molar-refractivity contribution in [1.82, 2.24) is 0 Å². The first kappa shape index (κ1) is 11.9. The maximum absolute atomic E-state index is 11.8. The van der Waals surface area contributed by atoms with Crippen LogP contribution in [0.3, 0.4) is 0 Å². The second-order valence-corrected chi connectivity index (χ2v) is 3.77. The fraction of sp³-hybridized carbons (Fsp3) is 0.462. The standard InChI is InChI=1S/C13H16O4/c1-2-15-9-11(14)10-4-5-12-13(8-10)17-7-3-6-16-12/h4-5,8H,2-3,6-7,9H2,1H3. The molecule has 17 heavy (non-hydrogen) atoms. The van der Waals surface area contributed by atoms with Gasteiger partial charge < -0.3 is 14.2 Å². The fourth-order valence-electron chi connectivity index (χ4n) is 1.61. The van der Waals surface area contributed by atoms with E-state index in [4.69, 9.17) is 14.2 Å². The van der Waals surface area contributed by atoms with Gasteiger partial charge in [0.15, 0.2) is 17.3 Å². The number of Topliss-reactive ketones (excluding diaryl/α,β-unsaturated/α-hetero) is 1. The summed E-state index contributed by atoms with van der Waals surface area (Å²) in [6.07, 6.45) is 0.858. The molecule has 4 nitrogen and oxygen atoms in total. The van der Waals surface area contributed by atoms with Gasteiger partial charge in [0.2, 0.25) is 0 Å². The Hall–Kier alpha value is -1.55. The van der Waals surface area contributed by atoms with Crippen LogP contribution in [0.1, 0.15) is 23.7 Å². The van der Waals surface area contributed by atoms with Crippen LogP contribution in [0.25, 0.3) is 0 Å². The predicted octanol–water partition coefficient (Wildman–Crippen LogP) is 2.07. The minimum absolute atomic E-state index is 0.0394. The van der Waals surface area contributed by atoms with Crippen molar-refractivity contribution in [2.75, 3.05) is 26.4 Å². The molecule has 0 radical (unpaired) electrons. The van der Waals surface area contributed by atoms with Gasteiger partial charge in [0, 0.05) is 18.6 Å². The molecule has 0 unspecified atom stereocenters. The molecule has 92 valence electrons. The molecule has 2 rings (SSSR count). The number of hydrogen-bond acceptors (Lipinski definition) is 4. The van der Waals surface area contributed by atoms with Crippen LogP contribution in [0.4, 0.5) is 0 Å². The number of fused-ring (bicyclic) bond motifs is 1. The highest BCUT2D eigenvalue weighted by molar-refractivity contribution is 5.97. The lowest BCUT2D eigenvalue weighted by molar-refractivity contribution is 0.0783. The smallest absolute Gasteiger partial charge is 0.188 e. The van der Waals surface area contributed by atoms with Crippen molar-refractivity contribution in [3.8, 4) is 11.5 Å². The van der Waals surface area contributed by atoms with Crippen molar-refractivity contribution < 1.29 is 19.0 Å². The Morgan fingerprint density at radius 3 is 2.82 bits per heavy atom. The van der Waals surface area contributed by atoms with Gasteiger partial charge in [-0.15, -0.1) is 0 Å². The average Bonchev–Trinajstić information content (AvgIpc) is 2.60. The van der Waals surface area contributed by atoms with Gasteiger partial charge in [0.1, 0.15) is 6.61 Å². The first-order chi connectivity index (χ1) is 8.31. The lowest BCUT2D eigenvalue weighted by Gasteiger charge is -2.08. The third-order valence-corrected chi connectivity index (χ3v) is 2.51. The van der Waals surface area contributed by atoms with E-state index in [1.54, 1.807) is 18.2 Å². The third kappa shape index (κ3) is 2.97. The number of carbonyl (C=O) groups excluding carboxylic acids is 1.